The van der Waals surface area contributed by atoms with E-state index in [4.69, 9.17) is 10.00 Å². The zero-order valence-corrected chi connectivity index (χ0v) is 7.06. The summed E-state index contributed by atoms with van der Waals surface area (Å²) in [7, 11) is 1.59. The van der Waals surface area contributed by atoms with Crippen molar-refractivity contribution in [3.63, 3.8) is 0 Å². The van der Waals surface area contributed by atoms with E-state index in [-0.39, 0.29) is 0 Å². The van der Waals surface area contributed by atoms with Crippen molar-refractivity contribution in [3.05, 3.63) is 30.1 Å². The van der Waals surface area contributed by atoms with Crippen molar-refractivity contribution < 1.29 is 4.74 Å². The molecular formula is C9H7N3O. The summed E-state index contributed by atoms with van der Waals surface area (Å²) in [5.41, 5.74) is 1.31. The number of hydrogen-bond donors (Lipinski definition) is 0. The summed E-state index contributed by atoms with van der Waals surface area (Å²) in [6.45, 7) is 0. The van der Waals surface area contributed by atoms with E-state index in [9.17, 15) is 0 Å². The summed E-state index contributed by atoms with van der Waals surface area (Å²) < 4.78 is 6.67. The third kappa shape index (κ3) is 1.02. The molecule has 13 heavy (non-hydrogen) atoms. The number of pyridine rings is 1. The fraction of sp³-hybridized carbons (Fsp3) is 0.111. The Bertz CT molecular complexity index is 481. The van der Waals surface area contributed by atoms with Gasteiger partial charge in [-0.1, -0.05) is 0 Å². The zero-order valence-electron chi connectivity index (χ0n) is 7.06. The highest BCUT2D eigenvalue weighted by atomic mass is 16.5. The van der Waals surface area contributed by atoms with E-state index >= 15 is 0 Å². The molecule has 0 amide bonds. The van der Waals surface area contributed by atoms with Crippen LogP contribution in [-0.4, -0.2) is 16.7 Å². The molecule has 0 bridgehead atoms. The highest BCUT2D eigenvalue weighted by Gasteiger charge is 2.05. The molecule has 64 valence electrons. The standard InChI is InChI=1S/C9H7N3O/c1-13-9-3-2-7(6-10)12-8(9)4-5-11-12/h2-5H,1H3. The summed E-state index contributed by atoms with van der Waals surface area (Å²) in [6, 6.07) is 7.30. The number of ether oxygens (including phenoxy) is 1. The van der Waals surface area contributed by atoms with E-state index in [1.165, 1.54) is 0 Å². The van der Waals surface area contributed by atoms with Crippen molar-refractivity contribution in [1.82, 2.24) is 9.61 Å². The Morgan fingerprint density at radius 3 is 3.00 bits per heavy atom. The molecule has 0 atom stereocenters. The molecule has 0 unspecified atom stereocenters. The van der Waals surface area contributed by atoms with Gasteiger partial charge in [0.15, 0.2) is 0 Å². The number of methoxy groups -OCH3 is 1. The Kier molecular flexibility index (Phi) is 1.64. The van der Waals surface area contributed by atoms with Gasteiger partial charge in [-0.25, -0.2) is 4.52 Å². The first-order valence-corrected chi connectivity index (χ1v) is 3.77. The molecule has 4 nitrogen and oxygen atoms in total. The predicted octanol–water partition coefficient (Wildman–Crippen LogP) is 1.21. The zero-order chi connectivity index (χ0) is 9.26. The third-order valence-electron chi connectivity index (χ3n) is 1.85. The molecule has 0 aliphatic rings. The molecule has 2 heterocycles. The van der Waals surface area contributed by atoms with Gasteiger partial charge in [0.05, 0.1) is 13.3 Å². The van der Waals surface area contributed by atoms with Gasteiger partial charge >= 0.3 is 0 Å². The van der Waals surface area contributed by atoms with Crippen LogP contribution < -0.4 is 4.74 Å². The maximum Gasteiger partial charge on any atom is 0.144 e. The minimum absolute atomic E-state index is 0.501. The van der Waals surface area contributed by atoms with Crippen LogP contribution in [0.4, 0.5) is 0 Å². The Balaban J connectivity index is 2.83. The second kappa shape index (κ2) is 2.79. The monoisotopic (exact) mass is 173 g/mol. The van der Waals surface area contributed by atoms with Gasteiger partial charge in [-0.05, 0) is 18.2 Å². The molecule has 0 aliphatic heterocycles. The number of hydrogen-bond acceptors (Lipinski definition) is 3. The average Bonchev–Trinajstić information content (AvgIpc) is 2.64. The van der Waals surface area contributed by atoms with Crippen LogP contribution >= 0.6 is 0 Å². The van der Waals surface area contributed by atoms with Crippen molar-refractivity contribution in [2.45, 2.75) is 0 Å². The maximum atomic E-state index is 8.77. The lowest BCUT2D eigenvalue weighted by molar-refractivity contribution is 0.417. The Morgan fingerprint density at radius 1 is 1.46 bits per heavy atom. The number of rotatable bonds is 1. The molecule has 0 saturated carbocycles. The van der Waals surface area contributed by atoms with Gasteiger partial charge in [-0.15, -0.1) is 0 Å². The van der Waals surface area contributed by atoms with Crippen LogP contribution in [0.1, 0.15) is 5.69 Å². The van der Waals surface area contributed by atoms with Crippen LogP contribution in [0, 0.1) is 11.3 Å². The van der Waals surface area contributed by atoms with Crippen LogP contribution in [0.5, 0.6) is 5.75 Å². The lowest BCUT2D eigenvalue weighted by Crippen LogP contribution is -1.95. The van der Waals surface area contributed by atoms with Crippen molar-refractivity contribution in [3.8, 4) is 11.8 Å². The molecule has 0 N–H and O–H groups in total. The van der Waals surface area contributed by atoms with Crippen LogP contribution in [0.3, 0.4) is 0 Å². The lowest BCUT2D eigenvalue weighted by Gasteiger charge is -2.02. The molecule has 2 rings (SSSR count). The Labute approximate surface area is 75.0 Å². The fourth-order valence-corrected chi connectivity index (χ4v) is 1.25. The summed E-state index contributed by atoms with van der Waals surface area (Å²) in [5.74, 6) is 0.719. The van der Waals surface area contributed by atoms with E-state index < -0.39 is 0 Å². The van der Waals surface area contributed by atoms with Crippen LogP contribution in [0.15, 0.2) is 24.4 Å². The molecule has 0 fully saturated rings. The van der Waals surface area contributed by atoms with Gasteiger partial charge in [0.2, 0.25) is 0 Å². The first kappa shape index (κ1) is 7.62. The smallest absolute Gasteiger partial charge is 0.144 e. The number of fused-ring (bicyclic) bond motifs is 1. The molecule has 0 saturated heterocycles. The maximum absolute atomic E-state index is 8.77. The summed E-state index contributed by atoms with van der Waals surface area (Å²) in [5, 5.41) is 12.8. The number of nitrogens with zero attached hydrogens (tertiary/aromatic N) is 3. The summed E-state index contributed by atoms with van der Waals surface area (Å²) in [6.07, 6.45) is 1.64. The molecule has 2 aromatic rings. The van der Waals surface area contributed by atoms with Crippen molar-refractivity contribution in [1.29, 1.82) is 5.26 Å². The first-order chi connectivity index (χ1) is 6.36. The van der Waals surface area contributed by atoms with E-state index in [2.05, 4.69) is 11.2 Å². The molecule has 0 radical (unpaired) electrons. The van der Waals surface area contributed by atoms with Gasteiger partial charge in [0.25, 0.3) is 0 Å². The van der Waals surface area contributed by atoms with Gasteiger partial charge in [-0.3, -0.25) is 0 Å². The highest BCUT2D eigenvalue weighted by molar-refractivity contribution is 5.60. The van der Waals surface area contributed by atoms with Gasteiger partial charge in [0.1, 0.15) is 23.0 Å². The fourth-order valence-electron chi connectivity index (χ4n) is 1.25. The van der Waals surface area contributed by atoms with Crippen LogP contribution in [0.2, 0.25) is 0 Å². The summed E-state index contributed by atoms with van der Waals surface area (Å²) in [4.78, 5) is 0. The van der Waals surface area contributed by atoms with E-state index in [0.29, 0.717) is 5.69 Å². The van der Waals surface area contributed by atoms with Crippen molar-refractivity contribution in [2.75, 3.05) is 7.11 Å². The molecule has 4 heteroatoms. The van der Waals surface area contributed by atoms with E-state index in [1.54, 1.807) is 36.0 Å². The van der Waals surface area contributed by atoms with Crippen molar-refractivity contribution >= 4 is 5.52 Å². The van der Waals surface area contributed by atoms with Gasteiger partial charge in [-0.2, -0.15) is 10.4 Å². The van der Waals surface area contributed by atoms with E-state index in [0.717, 1.165) is 11.3 Å². The minimum atomic E-state index is 0.501. The Hall–Kier alpha value is -2.02. The number of aromatic nitrogens is 2. The van der Waals surface area contributed by atoms with Crippen molar-refractivity contribution in [2.24, 2.45) is 0 Å². The first-order valence-electron chi connectivity index (χ1n) is 3.77. The molecule has 0 spiro atoms. The second-order valence-electron chi connectivity index (χ2n) is 2.53. The summed E-state index contributed by atoms with van der Waals surface area (Å²) >= 11 is 0. The van der Waals surface area contributed by atoms with Gasteiger partial charge < -0.3 is 4.74 Å². The molecule has 0 aromatic carbocycles. The Morgan fingerprint density at radius 2 is 2.31 bits per heavy atom. The molecule has 0 aliphatic carbocycles. The molecule has 2 aromatic heterocycles. The average molecular weight is 173 g/mol. The topological polar surface area (TPSA) is 50.3 Å². The van der Waals surface area contributed by atoms with E-state index in [1.807, 2.05) is 0 Å². The second-order valence-corrected chi connectivity index (χ2v) is 2.53. The normalized spacial score (nSPS) is 9.85. The van der Waals surface area contributed by atoms with Crippen LogP contribution in [-0.2, 0) is 0 Å². The SMILES string of the molecule is COc1ccc(C#N)n2nccc12. The van der Waals surface area contributed by atoms with Crippen LogP contribution in [0.25, 0.3) is 5.52 Å². The minimum Gasteiger partial charge on any atom is -0.494 e. The third-order valence-corrected chi connectivity index (χ3v) is 1.85. The quantitative estimate of drug-likeness (QED) is 0.651. The largest absolute Gasteiger partial charge is 0.494 e. The molecular weight excluding hydrogens is 166 g/mol. The number of nitriles is 1. The predicted molar refractivity (Wildman–Crippen MR) is 46.5 cm³/mol. The van der Waals surface area contributed by atoms with Gasteiger partial charge in [0, 0.05) is 0 Å². The highest BCUT2D eigenvalue weighted by Crippen LogP contribution is 2.19. The lowest BCUT2D eigenvalue weighted by atomic mass is 10.3.